The zero-order valence-electron chi connectivity index (χ0n) is 12.0. The van der Waals surface area contributed by atoms with Crippen molar-refractivity contribution in [1.29, 1.82) is 0 Å². The highest BCUT2D eigenvalue weighted by Gasteiger charge is 2.27. The molecule has 0 amide bonds. The van der Waals surface area contributed by atoms with E-state index in [1.165, 1.54) is 7.11 Å². The molecular formula is C15H22O4S. The van der Waals surface area contributed by atoms with Gasteiger partial charge >= 0.3 is 0 Å². The lowest BCUT2D eigenvalue weighted by Gasteiger charge is -2.18. The summed E-state index contributed by atoms with van der Waals surface area (Å²) in [5.41, 5.74) is 1.50. The first-order valence-corrected chi connectivity index (χ1v) is 8.18. The van der Waals surface area contributed by atoms with Crippen molar-refractivity contribution >= 4 is 10.1 Å². The number of methoxy groups -OCH3 is 1. The molecule has 20 heavy (non-hydrogen) atoms. The minimum Gasteiger partial charge on any atom is -0.496 e. The monoisotopic (exact) mass is 298 g/mol. The Bertz CT molecular complexity index is 549. The zero-order valence-corrected chi connectivity index (χ0v) is 12.8. The molecule has 0 radical (unpaired) electrons. The summed E-state index contributed by atoms with van der Waals surface area (Å²) < 4.78 is 37.9. The number of benzene rings is 1. The molecule has 1 atom stereocenters. The van der Waals surface area contributed by atoms with E-state index < -0.39 is 15.4 Å². The Hall–Kier alpha value is -1.33. The van der Waals surface area contributed by atoms with Crippen molar-refractivity contribution in [2.24, 2.45) is 0 Å². The fourth-order valence-corrected chi connectivity index (χ4v) is 3.15. The SMILES string of the molecule is C=CCc1ccc(C(CCCC)S(=O)(=O)O)c(OC)c1. The predicted octanol–water partition coefficient (Wildman–Crippen LogP) is 3.54. The van der Waals surface area contributed by atoms with Gasteiger partial charge in [-0.1, -0.05) is 38.0 Å². The summed E-state index contributed by atoms with van der Waals surface area (Å²) in [5, 5.41) is -0.935. The predicted molar refractivity (Wildman–Crippen MR) is 80.7 cm³/mol. The summed E-state index contributed by atoms with van der Waals surface area (Å²) in [7, 11) is -2.65. The van der Waals surface area contributed by atoms with Gasteiger partial charge in [0, 0.05) is 5.56 Å². The van der Waals surface area contributed by atoms with E-state index in [0.717, 1.165) is 18.4 Å². The molecule has 0 aliphatic heterocycles. The number of ether oxygens (including phenoxy) is 1. The van der Waals surface area contributed by atoms with Crippen LogP contribution in [0.25, 0.3) is 0 Å². The van der Waals surface area contributed by atoms with Crippen LogP contribution in [0.4, 0.5) is 0 Å². The molecule has 0 saturated heterocycles. The van der Waals surface area contributed by atoms with E-state index in [-0.39, 0.29) is 0 Å². The summed E-state index contributed by atoms with van der Waals surface area (Å²) in [6.07, 6.45) is 4.42. The van der Waals surface area contributed by atoms with Crippen molar-refractivity contribution < 1.29 is 17.7 Å². The van der Waals surface area contributed by atoms with Crippen LogP contribution >= 0.6 is 0 Å². The molecule has 0 aliphatic rings. The first-order valence-electron chi connectivity index (χ1n) is 6.68. The maximum Gasteiger partial charge on any atom is 0.272 e. The summed E-state index contributed by atoms with van der Waals surface area (Å²) >= 11 is 0. The van der Waals surface area contributed by atoms with Crippen molar-refractivity contribution in [2.45, 2.75) is 37.9 Å². The molecule has 0 fully saturated rings. The number of hydrogen-bond donors (Lipinski definition) is 1. The average Bonchev–Trinajstić information content (AvgIpc) is 2.39. The van der Waals surface area contributed by atoms with Gasteiger partial charge in [0.05, 0.1) is 7.11 Å². The highest BCUT2D eigenvalue weighted by atomic mass is 32.2. The van der Waals surface area contributed by atoms with Gasteiger partial charge in [0.1, 0.15) is 11.0 Å². The average molecular weight is 298 g/mol. The molecule has 4 nitrogen and oxygen atoms in total. The lowest BCUT2D eigenvalue weighted by atomic mass is 10.0. The molecule has 1 aromatic rings. The Kier molecular flexibility index (Phi) is 6.23. The lowest BCUT2D eigenvalue weighted by molar-refractivity contribution is 0.403. The molecule has 1 unspecified atom stereocenters. The third-order valence-corrected chi connectivity index (χ3v) is 4.41. The Balaban J connectivity index is 3.21. The van der Waals surface area contributed by atoms with Crippen LogP contribution in [0, 0.1) is 0 Å². The molecular weight excluding hydrogens is 276 g/mol. The van der Waals surface area contributed by atoms with Crippen molar-refractivity contribution in [1.82, 2.24) is 0 Å². The topological polar surface area (TPSA) is 63.6 Å². The standard InChI is InChI=1S/C15H22O4S/c1-4-6-8-15(20(16,17)18)13-10-9-12(7-5-2)11-14(13)19-3/h5,9-11,15H,2,4,6-8H2,1,3H3,(H,16,17,18). The normalized spacial score (nSPS) is 12.9. The third kappa shape index (κ3) is 4.35. The lowest BCUT2D eigenvalue weighted by Crippen LogP contribution is -2.13. The number of hydrogen-bond acceptors (Lipinski definition) is 3. The van der Waals surface area contributed by atoms with Gasteiger partial charge in [0.15, 0.2) is 0 Å². The maximum absolute atomic E-state index is 11.6. The van der Waals surface area contributed by atoms with Crippen LogP contribution in [0.15, 0.2) is 30.9 Å². The van der Waals surface area contributed by atoms with Gasteiger partial charge in [-0.05, 0) is 24.5 Å². The molecule has 1 aromatic carbocycles. The van der Waals surface area contributed by atoms with Crippen LogP contribution in [0.5, 0.6) is 5.75 Å². The number of rotatable bonds is 8. The van der Waals surface area contributed by atoms with E-state index in [0.29, 0.717) is 24.2 Å². The Morgan fingerprint density at radius 3 is 2.65 bits per heavy atom. The fraction of sp³-hybridized carbons (Fsp3) is 0.467. The minimum atomic E-state index is -4.15. The molecule has 1 N–H and O–H groups in total. The maximum atomic E-state index is 11.6. The largest absolute Gasteiger partial charge is 0.496 e. The smallest absolute Gasteiger partial charge is 0.272 e. The Morgan fingerprint density at radius 2 is 2.15 bits per heavy atom. The highest BCUT2D eigenvalue weighted by molar-refractivity contribution is 7.86. The molecule has 0 saturated carbocycles. The molecule has 0 heterocycles. The molecule has 0 aliphatic carbocycles. The molecule has 0 aromatic heterocycles. The van der Waals surface area contributed by atoms with E-state index in [1.807, 2.05) is 13.0 Å². The van der Waals surface area contributed by atoms with E-state index >= 15 is 0 Å². The van der Waals surface area contributed by atoms with Crippen molar-refractivity contribution in [3.8, 4) is 5.75 Å². The number of allylic oxidation sites excluding steroid dienone is 1. The summed E-state index contributed by atoms with van der Waals surface area (Å²) in [5.74, 6) is 0.489. The fourth-order valence-electron chi connectivity index (χ4n) is 2.17. The van der Waals surface area contributed by atoms with Gasteiger partial charge in [-0.15, -0.1) is 6.58 Å². The first kappa shape index (κ1) is 16.7. The van der Waals surface area contributed by atoms with Crippen LogP contribution in [0.3, 0.4) is 0 Å². The Labute approximate surface area is 121 Å². The number of unbranched alkanes of at least 4 members (excludes halogenated alkanes) is 1. The van der Waals surface area contributed by atoms with Crippen molar-refractivity contribution in [3.05, 3.63) is 42.0 Å². The van der Waals surface area contributed by atoms with Gasteiger partial charge in [-0.2, -0.15) is 8.42 Å². The van der Waals surface area contributed by atoms with Gasteiger partial charge in [0.25, 0.3) is 10.1 Å². The van der Waals surface area contributed by atoms with Crippen LogP contribution in [-0.2, 0) is 16.5 Å². The second-order valence-electron chi connectivity index (χ2n) is 4.71. The molecule has 112 valence electrons. The van der Waals surface area contributed by atoms with E-state index in [2.05, 4.69) is 6.58 Å². The quantitative estimate of drug-likeness (QED) is 0.589. The van der Waals surface area contributed by atoms with Crippen molar-refractivity contribution in [2.75, 3.05) is 7.11 Å². The van der Waals surface area contributed by atoms with E-state index in [9.17, 15) is 13.0 Å². The second kappa shape index (κ2) is 7.45. The molecule has 0 spiro atoms. The Morgan fingerprint density at radius 1 is 1.45 bits per heavy atom. The van der Waals surface area contributed by atoms with Gasteiger partial charge in [0.2, 0.25) is 0 Å². The van der Waals surface area contributed by atoms with Crippen LogP contribution in [0.2, 0.25) is 0 Å². The summed E-state index contributed by atoms with van der Waals surface area (Å²) in [4.78, 5) is 0. The van der Waals surface area contributed by atoms with Crippen molar-refractivity contribution in [3.63, 3.8) is 0 Å². The third-order valence-electron chi connectivity index (χ3n) is 3.20. The minimum absolute atomic E-state index is 0.381. The molecule has 1 rings (SSSR count). The molecule has 0 bridgehead atoms. The van der Waals surface area contributed by atoms with Crippen LogP contribution in [-0.4, -0.2) is 20.1 Å². The first-order chi connectivity index (χ1) is 9.43. The van der Waals surface area contributed by atoms with Gasteiger partial charge in [-0.25, -0.2) is 0 Å². The van der Waals surface area contributed by atoms with Gasteiger partial charge in [-0.3, -0.25) is 4.55 Å². The zero-order chi connectivity index (χ0) is 15.2. The summed E-state index contributed by atoms with van der Waals surface area (Å²) in [6, 6.07) is 5.34. The van der Waals surface area contributed by atoms with E-state index in [4.69, 9.17) is 4.74 Å². The van der Waals surface area contributed by atoms with Crippen LogP contribution < -0.4 is 4.74 Å². The van der Waals surface area contributed by atoms with Gasteiger partial charge < -0.3 is 4.74 Å². The summed E-state index contributed by atoms with van der Waals surface area (Å²) in [6.45, 7) is 5.65. The molecule has 5 heteroatoms. The van der Waals surface area contributed by atoms with E-state index in [1.54, 1.807) is 18.2 Å². The van der Waals surface area contributed by atoms with Crippen LogP contribution in [0.1, 0.15) is 42.6 Å². The second-order valence-corrected chi connectivity index (χ2v) is 6.31. The highest BCUT2D eigenvalue weighted by Crippen LogP contribution is 2.34.